The number of hydrazone groups is 1. The molecule has 0 saturated carbocycles. The van der Waals surface area contributed by atoms with Crippen LogP contribution < -0.4 is 11.0 Å². The molecule has 0 unspecified atom stereocenters. The second-order valence-electron chi connectivity index (χ2n) is 5.72. The van der Waals surface area contributed by atoms with Crippen LogP contribution in [-0.2, 0) is 6.42 Å². The summed E-state index contributed by atoms with van der Waals surface area (Å²) < 4.78 is 0. The molecule has 0 aliphatic rings. The van der Waals surface area contributed by atoms with Crippen LogP contribution in [0.15, 0.2) is 64.5 Å². The number of H-pyrrole nitrogens is 1. The van der Waals surface area contributed by atoms with Crippen molar-refractivity contribution in [2.75, 3.05) is 5.43 Å². The Bertz CT molecular complexity index is 1030. The Morgan fingerprint density at radius 3 is 2.48 bits per heavy atom. The number of non-ortho nitro benzene ring substituents is 1. The molecule has 9 heteroatoms. The van der Waals surface area contributed by atoms with Gasteiger partial charge in [-0.3, -0.25) is 19.9 Å². The van der Waals surface area contributed by atoms with Gasteiger partial charge < -0.3 is 0 Å². The molecule has 136 valence electrons. The first-order valence-corrected chi connectivity index (χ1v) is 8.08. The molecule has 0 bridgehead atoms. The molecule has 3 rings (SSSR count). The van der Waals surface area contributed by atoms with E-state index in [-0.39, 0.29) is 17.2 Å². The van der Waals surface area contributed by atoms with Crippen molar-refractivity contribution < 1.29 is 4.92 Å². The largest absolute Gasteiger partial charge is 0.288 e. The maximum Gasteiger partial charge on any atom is 0.274 e. The number of benzene rings is 2. The molecule has 0 atom stereocenters. The van der Waals surface area contributed by atoms with Gasteiger partial charge in [-0.05, 0) is 30.2 Å². The van der Waals surface area contributed by atoms with E-state index >= 15 is 0 Å². The summed E-state index contributed by atoms with van der Waals surface area (Å²) in [5.74, 6) is 0.109. The number of nitro groups is 1. The van der Waals surface area contributed by atoms with Crippen molar-refractivity contribution in [3.8, 4) is 0 Å². The predicted molar refractivity (Wildman–Crippen MR) is 101 cm³/mol. The molecule has 1 heterocycles. The van der Waals surface area contributed by atoms with Gasteiger partial charge in [-0.25, -0.2) is 5.43 Å². The minimum atomic E-state index is -0.466. The first kappa shape index (κ1) is 17.9. The Morgan fingerprint density at radius 1 is 1.15 bits per heavy atom. The van der Waals surface area contributed by atoms with Crippen molar-refractivity contribution in [1.82, 2.24) is 15.2 Å². The van der Waals surface area contributed by atoms with Gasteiger partial charge in [0.25, 0.3) is 11.2 Å². The third-order valence-electron chi connectivity index (χ3n) is 3.80. The number of aromatic amines is 1. The zero-order valence-electron chi connectivity index (χ0n) is 14.4. The highest BCUT2D eigenvalue weighted by Gasteiger charge is 2.07. The number of nitrogens with zero attached hydrogens (tertiary/aromatic N) is 4. The fourth-order valence-corrected chi connectivity index (χ4v) is 2.34. The molecule has 27 heavy (non-hydrogen) atoms. The van der Waals surface area contributed by atoms with Crippen LogP contribution in [0.3, 0.4) is 0 Å². The van der Waals surface area contributed by atoms with Crippen molar-refractivity contribution in [2.45, 2.75) is 13.3 Å². The molecule has 0 fully saturated rings. The third kappa shape index (κ3) is 4.60. The highest BCUT2D eigenvalue weighted by molar-refractivity contribution is 5.99. The Morgan fingerprint density at radius 2 is 1.85 bits per heavy atom. The van der Waals surface area contributed by atoms with E-state index in [2.05, 4.69) is 25.7 Å². The minimum absolute atomic E-state index is 0.00344. The maximum absolute atomic E-state index is 12.1. The molecule has 0 radical (unpaired) electrons. The summed E-state index contributed by atoms with van der Waals surface area (Å²) >= 11 is 0. The van der Waals surface area contributed by atoms with Gasteiger partial charge in [-0.15, -0.1) is 10.2 Å². The van der Waals surface area contributed by atoms with E-state index in [0.29, 0.717) is 23.4 Å². The summed E-state index contributed by atoms with van der Waals surface area (Å²) in [6.45, 7) is 1.73. The lowest BCUT2D eigenvalue weighted by Crippen LogP contribution is -2.19. The normalized spacial score (nSPS) is 11.2. The van der Waals surface area contributed by atoms with E-state index in [1.54, 1.807) is 19.1 Å². The van der Waals surface area contributed by atoms with Crippen LogP contribution in [0.1, 0.15) is 23.7 Å². The standard InChI is InChI=1S/C18H16N6O3/c1-12(14-7-9-15(10-8-14)24(26)27)20-22-18-19-17(25)16(21-23-18)11-13-5-3-2-4-6-13/h2-10H,11H2,1H3,(H2,19,22,23,25)/b20-12+. The van der Waals surface area contributed by atoms with E-state index in [1.165, 1.54) is 12.1 Å². The van der Waals surface area contributed by atoms with Crippen molar-refractivity contribution >= 4 is 17.3 Å². The van der Waals surface area contributed by atoms with E-state index < -0.39 is 4.92 Å². The average Bonchev–Trinajstić information content (AvgIpc) is 2.69. The Hall–Kier alpha value is -3.88. The molecule has 0 spiro atoms. The van der Waals surface area contributed by atoms with Gasteiger partial charge in [0.15, 0.2) is 0 Å². The highest BCUT2D eigenvalue weighted by Crippen LogP contribution is 2.12. The van der Waals surface area contributed by atoms with Crippen LogP contribution >= 0.6 is 0 Å². The second kappa shape index (κ2) is 8.00. The molecule has 9 nitrogen and oxygen atoms in total. The van der Waals surface area contributed by atoms with Crippen LogP contribution in [0, 0.1) is 10.1 Å². The number of nitro benzene ring substituents is 1. The van der Waals surface area contributed by atoms with Gasteiger partial charge in [0.1, 0.15) is 5.69 Å². The van der Waals surface area contributed by atoms with Crippen LogP contribution in [0.5, 0.6) is 0 Å². The number of rotatable bonds is 6. The van der Waals surface area contributed by atoms with Gasteiger partial charge in [0.05, 0.1) is 10.6 Å². The number of hydrogen-bond acceptors (Lipinski definition) is 7. The quantitative estimate of drug-likeness (QED) is 0.393. The molecule has 2 aromatic carbocycles. The van der Waals surface area contributed by atoms with Crippen molar-refractivity contribution in [1.29, 1.82) is 0 Å². The summed E-state index contributed by atoms with van der Waals surface area (Å²) in [6, 6.07) is 15.5. The smallest absolute Gasteiger partial charge is 0.274 e. The second-order valence-corrected chi connectivity index (χ2v) is 5.72. The van der Waals surface area contributed by atoms with Crippen molar-refractivity contribution in [3.63, 3.8) is 0 Å². The fourth-order valence-electron chi connectivity index (χ4n) is 2.34. The van der Waals surface area contributed by atoms with E-state index in [4.69, 9.17) is 0 Å². The van der Waals surface area contributed by atoms with E-state index in [9.17, 15) is 14.9 Å². The first-order chi connectivity index (χ1) is 13.0. The highest BCUT2D eigenvalue weighted by atomic mass is 16.6. The van der Waals surface area contributed by atoms with Gasteiger partial charge in [0, 0.05) is 18.6 Å². The van der Waals surface area contributed by atoms with Crippen molar-refractivity contribution in [3.05, 3.63) is 91.9 Å². The topological polar surface area (TPSA) is 126 Å². The summed E-state index contributed by atoms with van der Waals surface area (Å²) in [5.41, 5.74) is 4.83. The number of anilines is 1. The molecule has 0 saturated heterocycles. The lowest BCUT2D eigenvalue weighted by molar-refractivity contribution is -0.384. The molecule has 1 aromatic heterocycles. The Labute approximate surface area is 153 Å². The first-order valence-electron chi connectivity index (χ1n) is 8.08. The summed E-state index contributed by atoms with van der Waals surface area (Å²) in [7, 11) is 0. The Kier molecular flexibility index (Phi) is 5.31. The maximum atomic E-state index is 12.1. The molecule has 0 aliphatic carbocycles. The number of nitrogens with one attached hydrogen (secondary N) is 2. The van der Waals surface area contributed by atoms with E-state index in [0.717, 1.165) is 5.56 Å². The zero-order valence-corrected chi connectivity index (χ0v) is 14.4. The average molecular weight is 364 g/mol. The monoisotopic (exact) mass is 364 g/mol. The third-order valence-corrected chi connectivity index (χ3v) is 3.80. The van der Waals surface area contributed by atoms with Crippen LogP contribution in [0.4, 0.5) is 11.6 Å². The fraction of sp³-hybridized carbons (Fsp3) is 0.111. The predicted octanol–water partition coefficient (Wildman–Crippen LogP) is 2.50. The van der Waals surface area contributed by atoms with Gasteiger partial charge in [0.2, 0.25) is 5.95 Å². The van der Waals surface area contributed by atoms with Crippen LogP contribution in [0.2, 0.25) is 0 Å². The summed E-state index contributed by atoms with van der Waals surface area (Å²) in [6.07, 6.45) is 0.383. The van der Waals surface area contributed by atoms with Crippen LogP contribution in [-0.4, -0.2) is 25.8 Å². The molecule has 0 amide bonds. The minimum Gasteiger partial charge on any atom is -0.288 e. The SMILES string of the molecule is C/C(=N\Nc1nnc(Cc2ccccc2)c(=O)[nH]1)c1ccc([N+](=O)[O-])cc1. The van der Waals surface area contributed by atoms with Crippen molar-refractivity contribution in [2.24, 2.45) is 5.10 Å². The molecule has 2 N–H and O–H groups in total. The molecule has 3 aromatic rings. The number of aromatic nitrogens is 3. The van der Waals surface area contributed by atoms with Crippen LogP contribution in [0.25, 0.3) is 0 Å². The van der Waals surface area contributed by atoms with Gasteiger partial charge in [-0.2, -0.15) is 5.10 Å². The number of hydrogen-bond donors (Lipinski definition) is 2. The lowest BCUT2D eigenvalue weighted by Gasteiger charge is -2.04. The lowest BCUT2D eigenvalue weighted by atomic mass is 10.1. The summed E-state index contributed by atoms with van der Waals surface area (Å²) in [4.78, 5) is 25.0. The Balaban J connectivity index is 1.70. The molecule has 0 aliphatic heterocycles. The van der Waals surface area contributed by atoms with Gasteiger partial charge in [-0.1, -0.05) is 30.3 Å². The summed E-state index contributed by atoms with van der Waals surface area (Å²) in [5, 5.41) is 22.7. The van der Waals surface area contributed by atoms with Gasteiger partial charge >= 0.3 is 0 Å². The zero-order chi connectivity index (χ0) is 19.2. The molecular formula is C18H16N6O3. The molecular weight excluding hydrogens is 348 g/mol. The van der Waals surface area contributed by atoms with E-state index in [1.807, 2.05) is 30.3 Å².